The van der Waals surface area contributed by atoms with E-state index in [1.165, 1.54) is 9.80 Å². The highest BCUT2D eigenvalue weighted by Crippen LogP contribution is 1.81. The highest BCUT2D eigenvalue weighted by molar-refractivity contribution is 5.79. The van der Waals surface area contributed by atoms with Gasteiger partial charge in [-0.05, 0) is 0 Å². The normalized spacial score (nSPS) is 8.70. The van der Waals surface area contributed by atoms with Gasteiger partial charge in [-0.15, -0.1) is 0 Å². The number of hydrogen-bond donors (Lipinski definition) is 0. The molecule has 0 N–H and O–H groups in total. The first kappa shape index (κ1) is 8.94. The summed E-state index contributed by atoms with van der Waals surface area (Å²) < 4.78 is 0. The second-order valence-electron chi connectivity index (χ2n) is 2.31. The van der Waals surface area contributed by atoms with Gasteiger partial charge in [0.05, 0.1) is 6.54 Å². The van der Waals surface area contributed by atoms with Gasteiger partial charge in [0.25, 0.3) is 0 Å². The summed E-state index contributed by atoms with van der Waals surface area (Å²) in [6.07, 6.45) is 0.626. The first-order valence-electron chi connectivity index (χ1n) is 2.93. The Balaban J connectivity index is 3.68. The Hall–Kier alpha value is -1.06. The number of carbonyl (C=O) groups excluding carboxylic acids is 2. The third kappa shape index (κ3) is 3.06. The van der Waals surface area contributed by atoms with Crippen LogP contribution in [0.25, 0.3) is 0 Å². The summed E-state index contributed by atoms with van der Waals surface area (Å²) >= 11 is 0. The number of likely N-dealkylation sites (N-methyl/N-ethyl adjacent to an activating group) is 2. The molecule has 0 aliphatic carbocycles. The lowest BCUT2D eigenvalue weighted by Gasteiger charge is -2.14. The van der Waals surface area contributed by atoms with Crippen LogP contribution in [0.4, 0.5) is 0 Å². The van der Waals surface area contributed by atoms with Crippen LogP contribution in [0.3, 0.4) is 0 Å². The van der Waals surface area contributed by atoms with Crippen molar-refractivity contribution in [3.05, 3.63) is 0 Å². The summed E-state index contributed by atoms with van der Waals surface area (Å²) in [5.41, 5.74) is 0. The summed E-state index contributed by atoms with van der Waals surface area (Å²) in [5.74, 6) is -0.0744. The monoisotopic (exact) mass is 144 g/mol. The van der Waals surface area contributed by atoms with Crippen LogP contribution >= 0.6 is 0 Å². The van der Waals surface area contributed by atoms with Crippen LogP contribution in [-0.2, 0) is 9.59 Å². The molecule has 0 unspecified atom stereocenters. The van der Waals surface area contributed by atoms with Gasteiger partial charge in [0.15, 0.2) is 0 Å². The van der Waals surface area contributed by atoms with Gasteiger partial charge in [0.2, 0.25) is 12.3 Å². The van der Waals surface area contributed by atoms with Crippen molar-refractivity contribution in [1.29, 1.82) is 0 Å². The minimum Gasteiger partial charge on any atom is -0.347 e. The van der Waals surface area contributed by atoms with Crippen molar-refractivity contribution in [1.82, 2.24) is 9.80 Å². The van der Waals surface area contributed by atoms with Gasteiger partial charge in [-0.3, -0.25) is 9.59 Å². The number of amides is 2. The van der Waals surface area contributed by atoms with Crippen molar-refractivity contribution < 1.29 is 9.59 Å². The molecule has 2 amide bonds. The average molecular weight is 144 g/mol. The molecule has 0 rings (SSSR count). The molecule has 0 radical (unpaired) electrons. The van der Waals surface area contributed by atoms with E-state index in [-0.39, 0.29) is 12.5 Å². The van der Waals surface area contributed by atoms with Gasteiger partial charge in [-0.2, -0.15) is 0 Å². The van der Waals surface area contributed by atoms with E-state index in [4.69, 9.17) is 0 Å². The molecule has 0 aromatic carbocycles. The molecule has 0 spiro atoms. The predicted octanol–water partition coefficient (Wildman–Crippen LogP) is -0.837. The second-order valence-corrected chi connectivity index (χ2v) is 2.31. The van der Waals surface area contributed by atoms with E-state index in [9.17, 15) is 9.59 Å². The minimum atomic E-state index is -0.0744. The van der Waals surface area contributed by atoms with Crippen molar-refractivity contribution in [2.45, 2.75) is 0 Å². The molecule has 0 saturated carbocycles. The van der Waals surface area contributed by atoms with Crippen LogP contribution in [0, 0.1) is 0 Å². The molecule has 0 heterocycles. The van der Waals surface area contributed by atoms with Crippen LogP contribution in [-0.4, -0.2) is 49.8 Å². The number of carbonyl (C=O) groups is 2. The van der Waals surface area contributed by atoms with Gasteiger partial charge in [-0.25, -0.2) is 0 Å². The molecular formula is C6H12N2O2. The summed E-state index contributed by atoms with van der Waals surface area (Å²) in [6, 6.07) is 0. The second kappa shape index (κ2) is 3.87. The van der Waals surface area contributed by atoms with Crippen molar-refractivity contribution in [3.8, 4) is 0 Å². The van der Waals surface area contributed by atoms with E-state index in [2.05, 4.69) is 0 Å². The van der Waals surface area contributed by atoms with Gasteiger partial charge >= 0.3 is 0 Å². The predicted molar refractivity (Wildman–Crippen MR) is 37.4 cm³/mol. The molecular weight excluding hydrogens is 132 g/mol. The van der Waals surface area contributed by atoms with Crippen molar-refractivity contribution in [2.24, 2.45) is 0 Å². The van der Waals surface area contributed by atoms with E-state index in [1.54, 1.807) is 21.1 Å². The van der Waals surface area contributed by atoms with Gasteiger partial charge in [-0.1, -0.05) is 0 Å². The number of rotatable bonds is 3. The highest BCUT2D eigenvalue weighted by Gasteiger charge is 2.04. The van der Waals surface area contributed by atoms with Crippen LogP contribution in [0.5, 0.6) is 0 Å². The van der Waals surface area contributed by atoms with Crippen LogP contribution in [0.2, 0.25) is 0 Å². The molecule has 0 atom stereocenters. The molecule has 0 aliphatic heterocycles. The Morgan fingerprint density at radius 2 is 1.90 bits per heavy atom. The van der Waals surface area contributed by atoms with Crippen molar-refractivity contribution in [3.63, 3.8) is 0 Å². The van der Waals surface area contributed by atoms with Crippen molar-refractivity contribution >= 4 is 12.3 Å². The third-order valence-corrected chi connectivity index (χ3v) is 1.06. The Morgan fingerprint density at radius 3 is 2.20 bits per heavy atom. The Kier molecular flexibility index (Phi) is 3.46. The summed E-state index contributed by atoms with van der Waals surface area (Å²) in [5, 5.41) is 0. The lowest BCUT2D eigenvalue weighted by Crippen LogP contribution is -2.33. The SMILES string of the molecule is CN(C=O)CC(=O)N(C)C. The molecule has 0 aliphatic rings. The standard InChI is InChI=1S/C6H12N2O2/c1-7(2)6(10)4-8(3)5-9/h5H,4H2,1-3H3. The van der Waals surface area contributed by atoms with E-state index in [0.717, 1.165) is 0 Å². The quantitative estimate of drug-likeness (QED) is 0.485. The van der Waals surface area contributed by atoms with Crippen molar-refractivity contribution in [2.75, 3.05) is 27.7 Å². The smallest absolute Gasteiger partial charge is 0.241 e. The number of nitrogens with zero attached hydrogens (tertiary/aromatic N) is 2. The summed E-state index contributed by atoms with van der Waals surface area (Å²) in [4.78, 5) is 23.6. The Morgan fingerprint density at radius 1 is 1.40 bits per heavy atom. The lowest BCUT2D eigenvalue weighted by molar-refractivity contribution is -0.132. The topological polar surface area (TPSA) is 40.6 Å². The maximum Gasteiger partial charge on any atom is 0.241 e. The summed E-state index contributed by atoms with van der Waals surface area (Å²) in [7, 11) is 4.87. The Labute approximate surface area is 60.4 Å². The van der Waals surface area contributed by atoms with E-state index in [1.807, 2.05) is 0 Å². The van der Waals surface area contributed by atoms with Gasteiger partial charge in [0, 0.05) is 21.1 Å². The molecule has 0 bridgehead atoms. The molecule has 0 fully saturated rings. The zero-order valence-electron chi connectivity index (χ0n) is 6.50. The molecule has 58 valence electrons. The highest BCUT2D eigenvalue weighted by atomic mass is 16.2. The van der Waals surface area contributed by atoms with Gasteiger partial charge < -0.3 is 9.80 Å². The molecule has 10 heavy (non-hydrogen) atoms. The fourth-order valence-electron chi connectivity index (χ4n) is 0.392. The maximum absolute atomic E-state index is 10.8. The minimum absolute atomic E-state index is 0.0744. The average Bonchev–Trinajstić information content (AvgIpc) is 1.87. The fourth-order valence-corrected chi connectivity index (χ4v) is 0.392. The molecule has 0 aromatic heterocycles. The number of hydrogen-bond acceptors (Lipinski definition) is 2. The third-order valence-electron chi connectivity index (χ3n) is 1.06. The molecule has 0 aromatic rings. The summed E-state index contributed by atoms with van der Waals surface area (Å²) in [6.45, 7) is 0.149. The Bertz CT molecular complexity index is 134. The largest absolute Gasteiger partial charge is 0.347 e. The van der Waals surface area contributed by atoms with E-state index >= 15 is 0 Å². The van der Waals surface area contributed by atoms with Gasteiger partial charge in [0.1, 0.15) is 0 Å². The van der Waals surface area contributed by atoms with E-state index < -0.39 is 0 Å². The van der Waals surface area contributed by atoms with Crippen LogP contribution in [0.1, 0.15) is 0 Å². The molecule has 0 saturated heterocycles. The first-order valence-corrected chi connectivity index (χ1v) is 2.93. The zero-order chi connectivity index (χ0) is 8.15. The molecule has 4 heteroatoms. The molecule has 4 nitrogen and oxygen atoms in total. The van der Waals surface area contributed by atoms with Crippen LogP contribution in [0.15, 0.2) is 0 Å². The van der Waals surface area contributed by atoms with Crippen LogP contribution < -0.4 is 0 Å². The lowest BCUT2D eigenvalue weighted by atomic mass is 10.5. The van der Waals surface area contributed by atoms with E-state index in [0.29, 0.717) is 6.41 Å². The maximum atomic E-state index is 10.8. The fraction of sp³-hybridized carbons (Fsp3) is 0.667. The zero-order valence-corrected chi connectivity index (χ0v) is 6.50. The first-order chi connectivity index (χ1) is 4.57.